The molecule has 4 aromatic rings. The van der Waals surface area contributed by atoms with Crippen molar-refractivity contribution in [2.75, 3.05) is 13.6 Å². The Morgan fingerprint density at radius 1 is 1.23 bits per heavy atom. The molecule has 3 heterocycles. The number of benzene rings is 2. The lowest BCUT2D eigenvalue weighted by molar-refractivity contribution is 0.0731. The van der Waals surface area contributed by atoms with E-state index in [9.17, 15) is 14.0 Å². The number of carbonyl (C=O) groups is 2. The van der Waals surface area contributed by atoms with Crippen molar-refractivity contribution in [3.05, 3.63) is 70.5 Å². The summed E-state index contributed by atoms with van der Waals surface area (Å²) in [4.78, 5) is 31.6. The van der Waals surface area contributed by atoms with E-state index >= 15 is 0 Å². The van der Waals surface area contributed by atoms with Gasteiger partial charge < -0.3 is 15.2 Å². The molecule has 1 unspecified atom stereocenters. The molecule has 0 bridgehead atoms. The number of thiophene rings is 1. The Hall–Kier alpha value is -3.19. The molecule has 1 fully saturated rings. The number of nitrogens with one attached hydrogen (secondary N) is 2. The number of rotatable bonds is 4. The normalized spacial score (nSPS) is 16.3. The number of aromatic amines is 1. The predicted molar refractivity (Wildman–Crippen MR) is 121 cm³/mol. The first-order chi connectivity index (χ1) is 15.0. The average Bonchev–Trinajstić information content (AvgIpc) is 3.50. The van der Waals surface area contributed by atoms with Crippen LogP contribution in [0.3, 0.4) is 0 Å². The molecule has 0 spiro atoms. The van der Waals surface area contributed by atoms with Crippen LogP contribution in [-0.2, 0) is 6.42 Å². The van der Waals surface area contributed by atoms with E-state index in [0.29, 0.717) is 28.9 Å². The van der Waals surface area contributed by atoms with E-state index in [1.54, 1.807) is 19.2 Å². The van der Waals surface area contributed by atoms with Gasteiger partial charge in [-0.3, -0.25) is 9.59 Å². The van der Waals surface area contributed by atoms with E-state index in [1.165, 1.54) is 23.5 Å². The number of likely N-dealkylation sites (tertiary alicyclic amines) is 1. The lowest BCUT2D eigenvalue weighted by Gasteiger charge is -2.24. The second-order valence-corrected chi connectivity index (χ2v) is 8.95. The molecule has 5 rings (SSSR count). The molecule has 1 aliphatic heterocycles. The van der Waals surface area contributed by atoms with Gasteiger partial charge in [-0.25, -0.2) is 4.39 Å². The van der Waals surface area contributed by atoms with Crippen LogP contribution in [0, 0.1) is 5.82 Å². The summed E-state index contributed by atoms with van der Waals surface area (Å²) < 4.78 is 14.6. The topological polar surface area (TPSA) is 65.2 Å². The Labute approximate surface area is 182 Å². The Kier molecular flexibility index (Phi) is 4.98. The molecular formula is C24H22FN3O2S. The van der Waals surface area contributed by atoms with Crippen molar-refractivity contribution in [2.45, 2.75) is 25.3 Å². The maximum Gasteiger partial charge on any atom is 0.270 e. The van der Waals surface area contributed by atoms with Gasteiger partial charge in [0.2, 0.25) is 0 Å². The van der Waals surface area contributed by atoms with Crippen molar-refractivity contribution >= 4 is 44.1 Å². The minimum absolute atomic E-state index is 0.0112. The van der Waals surface area contributed by atoms with E-state index in [4.69, 9.17) is 0 Å². The lowest BCUT2D eigenvalue weighted by Crippen LogP contribution is -2.37. The predicted octanol–water partition coefficient (Wildman–Crippen LogP) is 4.73. The van der Waals surface area contributed by atoms with Gasteiger partial charge in [0, 0.05) is 35.2 Å². The number of halogens is 1. The number of fused-ring (bicyclic) bond motifs is 2. The van der Waals surface area contributed by atoms with Crippen LogP contribution in [-0.4, -0.2) is 41.3 Å². The van der Waals surface area contributed by atoms with Crippen molar-refractivity contribution in [1.29, 1.82) is 0 Å². The molecule has 1 aliphatic rings. The van der Waals surface area contributed by atoms with Crippen molar-refractivity contribution in [2.24, 2.45) is 0 Å². The van der Waals surface area contributed by atoms with Crippen molar-refractivity contribution < 1.29 is 14.0 Å². The molecule has 0 aliphatic carbocycles. The molecule has 158 valence electrons. The van der Waals surface area contributed by atoms with Crippen LogP contribution in [0.15, 0.2) is 48.5 Å². The minimum Gasteiger partial charge on any atom is -0.354 e. The molecule has 0 saturated carbocycles. The Morgan fingerprint density at radius 3 is 2.90 bits per heavy atom. The van der Waals surface area contributed by atoms with E-state index in [0.717, 1.165) is 34.0 Å². The van der Waals surface area contributed by atoms with Crippen LogP contribution < -0.4 is 5.32 Å². The number of carbonyl (C=O) groups excluding carboxylic acids is 2. The first-order valence-corrected chi connectivity index (χ1v) is 11.2. The van der Waals surface area contributed by atoms with E-state index < -0.39 is 0 Å². The van der Waals surface area contributed by atoms with Gasteiger partial charge in [-0.2, -0.15) is 0 Å². The SMILES string of the molecule is CNC(=O)c1sc2ccccc2c1CC1CCCN1C(=O)c1cc2cc(F)ccc2[nH]1. The van der Waals surface area contributed by atoms with Gasteiger partial charge in [-0.1, -0.05) is 18.2 Å². The zero-order chi connectivity index (χ0) is 21.5. The van der Waals surface area contributed by atoms with Crippen LogP contribution in [0.1, 0.15) is 38.6 Å². The third-order valence-electron chi connectivity index (χ3n) is 6.02. The number of aromatic nitrogens is 1. The third-order valence-corrected chi connectivity index (χ3v) is 7.23. The van der Waals surface area contributed by atoms with Gasteiger partial charge in [0.05, 0.1) is 4.88 Å². The molecule has 2 N–H and O–H groups in total. The molecular weight excluding hydrogens is 413 g/mol. The fraction of sp³-hybridized carbons (Fsp3) is 0.250. The molecule has 1 atom stereocenters. The zero-order valence-electron chi connectivity index (χ0n) is 17.1. The molecule has 0 radical (unpaired) electrons. The van der Waals surface area contributed by atoms with Crippen molar-refractivity contribution in [3.63, 3.8) is 0 Å². The summed E-state index contributed by atoms with van der Waals surface area (Å²) in [6.07, 6.45) is 2.44. The number of hydrogen-bond acceptors (Lipinski definition) is 3. The van der Waals surface area contributed by atoms with E-state index in [-0.39, 0.29) is 23.7 Å². The second kappa shape index (κ2) is 7.81. The largest absolute Gasteiger partial charge is 0.354 e. The lowest BCUT2D eigenvalue weighted by atomic mass is 10.00. The van der Waals surface area contributed by atoms with Crippen molar-refractivity contribution in [3.8, 4) is 0 Å². The highest BCUT2D eigenvalue weighted by atomic mass is 32.1. The standard InChI is InChI=1S/C24H22FN3O2S/c1-26-23(29)22-18(17-6-2-3-7-21(17)31-22)13-16-5-4-10-28(16)24(30)20-12-14-11-15(25)8-9-19(14)27-20/h2-3,6-9,11-12,16,27H,4-5,10,13H2,1H3,(H,26,29). The monoisotopic (exact) mass is 435 g/mol. The number of hydrogen-bond donors (Lipinski definition) is 2. The van der Waals surface area contributed by atoms with Crippen molar-refractivity contribution in [1.82, 2.24) is 15.2 Å². The molecule has 2 amide bonds. The Balaban J connectivity index is 1.47. The first kappa shape index (κ1) is 19.8. The van der Waals surface area contributed by atoms with Crippen LogP contribution in [0.4, 0.5) is 4.39 Å². The molecule has 31 heavy (non-hydrogen) atoms. The molecule has 2 aromatic carbocycles. The molecule has 5 nitrogen and oxygen atoms in total. The summed E-state index contributed by atoms with van der Waals surface area (Å²) in [5, 5.41) is 4.50. The summed E-state index contributed by atoms with van der Waals surface area (Å²) in [6, 6.07) is 14.2. The number of amides is 2. The second-order valence-electron chi connectivity index (χ2n) is 7.90. The van der Waals surface area contributed by atoms with E-state index in [1.807, 2.05) is 29.2 Å². The van der Waals surface area contributed by atoms with Crippen LogP contribution >= 0.6 is 11.3 Å². The maximum absolute atomic E-state index is 13.5. The molecule has 7 heteroatoms. The maximum atomic E-state index is 13.5. The number of nitrogens with zero attached hydrogens (tertiary/aromatic N) is 1. The van der Waals surface area contributed by atoms with Gasteiger partial charge in [-0.15, -0.1) is 11.3 Å². The van der Waals surface area contributed by atoms with E-state index in [2.05, 4.69) is 10.3 Å². The summed E-state index contributed by atoms with van der Waals surface area (Å²) >= 11 is 1.49. The summed E-state index contributed by atoms with van der Waals surface area (Å²) in [6.45, 7) is 0.671. The Bertz CT molecular complexity index is 1310. The minimum atomic E-state index is -0.324. The summed E-state index contributed by atoms with van der Waals surface area (Å²) in [5.74, 6) is -0.500. The van der Waals surface area contributed by atoms with Crippen LogP contribution in [0.25, 0.3) is 21.0 Å². The smallest absolute Gasteiger partial charge is 0.270 e. The molecule has 2 aromatic heterocycles. The summed E-state index contributed by atoms with van der Waals surface area (Å²) in [7, 11) is 1.64. The first-order valence-electron chi connectivity index (χ1n) is 10.4. The number of H-pyrrole nitrogens is 1. The third kappa shape index (κ3) is 3.49. The van der Waals surface area contributed by atoms with Crippen LogP contribution in [0.5, 0.6) is 0 Å². The fourth-order valence-electron chi connectivity index (χ4n) is 4.52. The fourth-order valence-corrected chi connectivity index (χ4v) is 5.70. The Morgan fingerprint density at radius 2 is 2.06 bits per heavy atom. The van der Waals surface area contributed by atoms with Crippen LogP contribution in [0.2, 0.25) is 0 Å². The highest BCUT2D eigenvalue weighted by Gasteiger charge is 2.32. The quantitative estimate of drug-likeness (QED) is 0.487. The summed E-state index contributed by atoms with van der Waals surface area (Å²) in [5.41, 5.74) is 2.21. The zero-order valence-corrected chi connectivity index (χ0v) is 17.9. The highest BCUT2D eigenvalue weighted by molar-refractivity contribution is 7.21. The molecule has 1 saturated heterocycles. The van der Waals surface area contributed by atoms with Gasteiger partial charge in [0.25, 0.3) is 11.8 Å². The highest BCUT2D eigenvalue weighted by Crippen LogP contribution is 2.35. The average molecular weight is 436 g/mol. The van der Waals surface area contributed by atoms with Gasteiger partial charge in [0.1, 0.15) is 11.5 Å². The van der Waals surface area contributed by atoms with Gasteiger partial charge in [-0.05, 0) is 60.5 Å². The van der Waals surface area contributed by atoms with Gasteiger partial charge in [0.15, 0.2) is 0 Å². The van der Waals surface area contributed by atoms with Gasteiger partial charge >= 0.3 is 0 Å².